The third-order valence-electron chi connectivity index (χ3n) is 15.4. The summed E-state index contributed by atoms with van der Waals surface area (Å²) in [5.74, 6) is 0. The van der Waals surface area contributed by atoms with Gasteiger partial charge >= 0.3 is 0 Å². The van der Waals surface area contributed by atoms with Crippen LogP contribution in [0, 0.1) is 13.8 Å². The molecular weight excluding hydrogens is 795 g/mol. The molecule has 3 heteroatoms. The molecule has 2 spiro atoms. The Morgan fingerprint density at radius 2 is 0.921 bits per heavy atom. The van der Waals surface area contributed by atoms with Crippen molar-refractivity contribution in [3.05, 3.63) is 233 Å². The number of benzene rings is 9. The number of hydrogen-bond donors (Lipinski definition) is 0. The molecule has 0 radical (unpaired) electrons. The van der Waals surface area contributed by atoms with E-state index in [4.69, 9.17) is 0 Å². The highest BCUT2D eigenvalue weighted by Gasteiger charge is 2.56. The molecule has 0 saturated heterocycles. The van der Waals surface area contributed by atoms with E-state index in [1.165, 1.54) is 125 Å². The van der Waals surface area contributed by atoms with E-state index in [-0.39, 0.29) is 5.41 Å². The lowest BCUT2D eigenvalue weighted by molar-refractivity contribution is 0.656. The molecule has 0 unspecified atom stereocenters. The maximum Gasteiger partial charge on any atom is 0.182 e. The van der Waals surface area contributed by atoms with Crippen molar-refractivity contribution >= 4 is 57.6 Å². The van der Waals surface area contributed by atoms with Gasteiger partial charge in [-0.1, -0.05) is 194 Å². The molecule has 4 aliphatic heterocycles. The molecule has 0 aromatic heterocycles. The van der Waals surface area contributed by atoms with Crippen molar-refractivity contribution in [1.29, 1.82) is 0 Å². The highest BCUT2D eigenvalue weighted by atomic mass is 32.2. The van der Waals surface area contributed by atoms with Crippen molar-refractivity contribution in [1.82, 2.24) is 0 Å². The number of hydrogen-bond acceptors (Lipinski definition) is 2. The number of rotatable bonds is 1. The van der Waals surface area contributed by atoms with Gasteiger partial charge in [-0.2, -0.15) is 0 Å². The summed E-state index contributed by atoms with van der Waals surface area (Å²) in [6.45, 7) is 9.38. The molecule has 0 atom stereocenters. The largest absolute Gasteiger partial charge is 0.309 e. The zero-order valence-electron chi connectivity index (χ0n) is 35.8. The van der Waals surface area contributed by atoms with Crippen molar-refractivity contribution < 1.29 is 0 Å². The predicted octanol–water partition coefficient (Wildman–Crippen LogP) is 12.6. The number of anilines is 3. The fourth-order valence-electron chi connectivity index (χ4n) is 12.9. The summed E-state index contributed by atoms with van der Waals surface area (Å²) in [6, 6.07) is 73.4. The van der Waals surface area contributed by atoms with E-state index in [2.05, 4.69) is 221 Å². The van der Waals surface area contributed by atoms with E-state index >= 15 is 0 Å². The maximum atomic E-state index is 2.69. The molecule has 0 fully saturated rings. The first-order valence-electron chi connectivity index (χ1n) is 22.3. The molecule has 4 heterocycles. The third-order valence-corrected chi connectivity index (χ3v) is 21.5. The minimum absolute atomic E-state index is 0.168. The van der Waals surface area contributed by atoms with Crippen molar-refractivity contribution in [2.75, 3.05) is 4.90 Å². The van der Waals surface area contributed by atoms with Gasteiger partial charge in [0.25, 0.3) is 0 Å². The average Bonchev–Trinajstić information content (AvgIpc) is 3.86. The Balaban J connectivity index is 1.13. The van der Waals surface area contributed by atoms with Crippen LogP contribution in [0.2, 0.25) is 0 Å². The van der Waals surface area contributed by atoms with Crippen LogP contribution in [0.4, 0.5) is 17.1 Å². The van der Waals surface area contributed by atoms with Crippen LogP contribution >= 0.6 is 11.8 Å². The Morgan fingerprint density at radius 3 is 1.60 bits per heavy atom. The van der Waals surface area contributed by atoms with Crippen molar-refractivity contribution in [2.24, 2.45) is 0 Å². The van der Waals surface area contributed by atoms with Crippen LogP contribution in [0.3, 0.4) is 0 Å². The topological polar surface area (TPSA) is 3.24 Å². The molecule has 9 aromatic carbocycles. The summed E-state index contributed by atoms with van der Waals surface area (Å²) in [7, 11) is -2.76. The Hall–Kier alpha value is -6.65. The normalized spacial score (nSPS) is 16.2. The van der Waals surface area contributed by atoms with Gasteiger partial charge in [-0.05, 0) is 126 Å². The Bertz CT molecular complexity index is 3420. The van der Waals surface area contributed by atoms with Gasteiger partial charge in [-0.15, -0.1) is 0 Å². The quantitative estimate of drug-likeness (QED) is 0.152. The summed E-state index contributed by atoms with van der Waals surface area (Å²) in [5.41, 5.74) is 22.1. The van der Waals surface area contributed by atoms with Crippen LogP contribution in [-0.2, 0) is 10.8 Å². The number of nitrogens with zero attached hydrogens (tertiary/aromatic N) is 1. The van der Waals surface area contributed by atoms with Crippen LogP contribution in [0.1, 0.15) is 58.4 Å². The number of para-hydroxylation sites is 1. The Labute approximate surface area is 374 Å². The maximum absolute atomic E-state index is 2.76. The molecule has 0 N–H and O–H groups in total. The summed E-state index contributed by atoms with van der Waals surface area (Å²) in [4.78, 5) is 5.33. The number of aryl methyl sites for hydroxylation is 2. The first-order chi connectivity index (χ1) is 30.8. The fraction of sp³-hybridized carbons (Fsp3) is 0.100. The third kappa shape index (κ3) is 4.26. The molecule has 5 aliphatic rings. The van der Waals surface area contributed by atoms with Gasteiger partial charge in [-0.3, -0.25) is 0 Å². The lowest BCUT2D eigenvalue weighted by atomic mass is 9.61. The Kier molecular flexibility index (Phi) is 7.00. The summed E-state index contributed by atoms with van der Waals surface area (Å²) in [6.07, 6.45) is 0. The zero-order chi connectivity index (χ0) is 42.0. The van der Waals surface area contributed by atoms with Gasteiger partial charge < -0.3 is 4.90 Å². The minimum atomic E-state index is -2.76. The highest BCUT2D eigenvalue weighted by Crippen LogP contribution is 2.66. The van der Waals surface area contributed by atoms with Gasteiger partial charge in [0.15, 0.2) is 8.07 Å². The van der Waals surface area contributed by atoms with Gasteiger partial charge in [0.05, 0.1) is 16.8 Å². The molecule has 298 valence electrons. The summed E-state index contributed by atoms with van der Waals surface area (Å²) >= 11 is 1.91. The van der Waals surface area contributed by atoms with Crippen LogP contribution < -0.4 is 25.6 Å². The smallest absolute Gasteiger partial charge is 0.182 e. The number of fused-ring (bicyclic) bond motifs is 22. The minimum Gasteiger partial charge on any atom is -0.309 e. The van der Waals surface area contributed by atoms with Crippen LogP contribution in [0.25, 0.3) is 33.4 Å². The Morgan fingerprint density at radius 1 is 0.413 bits per heavy atom. The van der Waals surface area contributed by atoms with E-state index in [1.54, 1.807) is 0 Å². The lowest BCUT2D eigenvalue weighted by Crippen LogP contribution is -2.70. The van der Waals surface area contributed by atoms with Crippen LogP contribution in [-0.4, -0.2) is 8.07 Å². The highest BCUT2D eigenvalue weighted by molar-refractivity contribution is 7.99. The fourth-order valence-corrected chi connectivity index (χ4v) is 20.0. The van der Waals surface area contributed by atoms with E-state index in [1.807, 2.05) is 11.8 Å². The molecule has 63 heavy (non-hydrogen) atoms. The molecule has 9 aromatic rings. The SMILES string of the molecule is Cc1ccc2c(c1)[Si]1(c3ccccc3-c3ccc(N4c5ccccc5C5(c6ccccc6Sc6ccccc65)c5ccc6c(c54)-c4ccccc4C6(C)C)cc31)c1cc(C)ccc1-2. The second-order valence-corrected chi connectivity index (χ2v) is 23.6. The lowest BCUT2D eigenvalue weighted by Gasteiger charge is -2.49. The van der Waals surface area contributed by atoms with Gasteiger partial charge in [0.1, 0.15) is 0 Å². The van der Waals surface area contributed by atoms with Gasteiger partial charge in [-0.25, -0.2) is 0 Å². The summed E-state index contributed by atoms with van der Waals surface area (Å²) < 4.78 is 0. The zero-order valence-corrected chi connectivity index (χ0v) is 37.6. The standard InChI is InChI=1S/C60H43NSSi/c1-36-25-28-40-41-29-26-37(2)34-55(41)63(54(40)33-36)53-24-14-6-15-39(53)42-30-27-38(35-56(42)63)61-50-21-11-8-18-45(50)60(46-19-9-12-22-51(46)62-52-23-13-10-20-47(52)60)49-32-31-48-57(58(49)61)43-16-5-7-17-44(43)59(48,3)4/h5-35H,1-4H3. The molecule has 1 aliphatic carbocycles. The predicted molar refractivity (Wildman–Crippen MR) is 266 cm³/mol. The first kappa shape index (κ1) is 35.9. The van der Waals surface area contributed by atoms with E-state index in [0.717, 1.165) is 0 Å². The molecule has 0 amide bonds. The van der Waals surface area contributed by atoms with Crippen LogP contribution in [0.5, 0.6) is 0 Å². The second-order valence-electron chi connectivity index (χ2n) is 18.9. The monoisotopic (exact) mass is 837 g/mol. The molecule has 0 saturated carbocycles. The molecule has 14 rings (SSSR count). The van der Waals surface area contributed by atoms with E-state index in [9.17, 15) is 0 Å². The van der Waals surface area contributed by atoms with Gasteiger partial charge in [0.2, 0.25) is 0 Å². The van der Waals surface area contributed by atoms with Crippen molar-refractivity contribution in [2.45, 2.75) is 48.3 Å². The van der Waals surface area contributed by atoms with E-state index in [0.29, 0.717) is 0 Å². The summed E-state index contributed by atoms with van der Waals surface area (Å²) in [5, 5.41) is 6.05. The van der Waals surface area contributed by atoms with E-state index < -0.39 is 13.5 Å². The average molecular weight is 838 g/mol. The van der Waals surface area contributed by atoms with Crippen molar-refractivity contribution in [3.8, 4) is 33.4 Å². The molecule has 1 nitrogen and oxygen atoms in total. The second kappa shape index (κ2) is 12.3. The van der Waals surface area contributed by atoms with Crippen molar-refractivity contribution in [3.63, 3.8) is 0 Å². The first-order valence-corrected chi connectivity index (χ1v) is 25.2. The van der Waals surface area contributed by atoms with Crippen LogP contribution in [0.15, 0.2) is 198 Å². The molecule has 0 bridgehead atoms. The molecular formula is C60H43NSSi. The van der Waals surface area contributed by atoms with Gasteiger partial charge in [0, 0.05) is 26.5 Å².